The van der Waals surface area contributed by atoms with Gasteiger partial charge in [0.15, 0.2) is 0 Å². The van der Waals surface area contributed by atoms with Gasteiger partial charge in [-0.2, -0.15) is 0 Å². The molecule has 0 bridgehead atoms. The minimum atomic E-state index is -3.73. The third-order valence-electron chi connectivity index (χ3n) is 7.12. The van der Waals surface area contributed by atoms with Gasteiger partial charge in [-0.05, 0) is 60.7 Å². The molecule has 0 saturated carbocycles. The van der Waals surface area contributed by atoms with Gasteiger partial charge >= 0.3 is 0 Å². The number of anilines is 1. The van der Waals surface area contributed by atoms with Crippen LogP contribution >= 0.6 is 0 Å². The Morgan fingerprint density at radius 3 is 2.36 bits per heavy atom. The number of nitrogens with zero attached hydrogens (tertiary/aromatic N) is 2. The molecule has 42 heavy (non-hydrogen) atoms. The monoisotopic (exact) mass is 586 g/mol. The normalized spacial score (nSPS) is 11.7. The Balaban J connectivity index is 1.60. The maximum absolute atomic E-state index is 14.4. The predicted octanol–water partition coefficient (Wildman–Crippen LogP) is 6.34. The molecule has 3 aromatic heterocycles. The highest BCUT2D eigenvalue weighted by Gasteiger charge is 2.26. The van der Waals surface area contributed by atoms with Crippen LogP contribution in [0.1, 0.15) is 10.4 Å². The van der Waals surface area contributed by atoms with E-state index in [0.717, 1.165) is 10.6 Å². The Labute approximate surface area is 239 Å². The van der Waals surface area contributed by atoms with Gasteiger partial charge in [0, 0.05) is 47.6 Å². The molecule has 8 nitrogen and oxygen atoms in total. The molecule has 212 valence electrons. The number of benzene rings is 3. The second-order valence-corrected chi connectivity index (χ2v) is 11.8. The van der Waals surface area contributed by atoms with Crippen LogP contribution < -0.4 is 9.62 Å². The van der Waals surface area contributed by atoms with Crippen LogP contribution in [0.2, 0.25) is 0 Å². The first-order valence-corrected chi connectivity index (χ1v) is 14.7. The lowest BCUT2D eigenvalue weighted by molar-refractivity contribution is 0.0964. The van der Waals surface area contributed by atoms with Crippen molar-refractivity contribution in [3.8, 4) is 34.0 Å². The molecule has 0 unspecified atom stereocenters. The van der Waals surface area contributed by atoms with Crippen LogP contribution in [0.4, 0.5) is 14.5 Å². The summed E-state index contributed by atoms with van der Waals surface area (Å²) >= 11 is 0. The number of furan rings is 1. The van der Waals surface area contributed by atoms with Crippen LogP contribution in [0, 0.1) is 11.6 Å². The molecule has 6 rings (SSSR count). The summed E-state index contributed by atoms with van der Waals surface area (Å²) < 4.78 is 60.6. The Morgan fingerprint density at radius 1 is 0.952 bits per heavy atom. The smallest absolute Gasteiger partial charge is 0.255 e. The summed E-state index contributed by atoms with van der Waals surface area (Å²) in [5.74, 6) is -1.05. The third kappa shape index (κ3) is 4.67. The second-order valence-electron chi connectivity index (χ2n) is 9.78. The number of amides is 1. The van der Waals surface area contributed by atoms with Crippen LogP contribution in [-0.4, -0.2) is 44.6 Å². The van der Waals surface area contributed by atoms with E-state index in [-0.39, 0.29) is 28.4 Å². The molecule has 0 spiro atoms. The van der Waals surface area contributed by atoms with E-state index < -0.39 is 21.7 Å². The highest BCUT2D eigenvalue weighted by molar-refractivity contribution is 7.92. The number of carbonyl (C=O) groups excluding carboxylic acids is 1. The zero-order valence-corrected chi connectivity index (χ0v) is 23.5. The van der Waals surface area contributed by atoms with Crippen molar-refractivity contribution in [1.29, 1.82) is 0 Å². The second kappa shape index (κ2) is 10.1. The molecule has 11 heteroatoms. The highest BCUT2D eigenvalue weighted by Crippen LogP contribution is 2.41. The van der Waals surface area contributed by atoms with E-state index in [1.54, 1.807) is 42.5 Å². The number of H-pyrrole nitrogens is 1. The van der Waals surface area contributed by atoms with E-state index >= 15 is 0 Å². The number of aromatic nitrogens is 2. The SMILES string of the molecule is CNC(=O)c1c(-c2ccc(F)cc2)oc2cc(N(C)S(C)(=O)=O)c(-c3cccc(-c4cc5c(F)cccc5[nH]4)n3)cc12. The van der Waals surface area contributed by atoms with Gasteiger partial charge in [-0.1, -0.05) is 12.1 Å². The van der Waals surface area contributed by atoms with Crippen LogP contribution in [0.3, 0.4) is 0 Å². The Bertz CT molecular complexity index is 2120. The molecule has 0 fully saturated rings. The molecule has 2 N–H and O–H groups in total. The molecule has 0 aliphatic rings. The number of halogens is 2. The molecule has 3 aromatic carbocycles. The zero-order chi connectivity index (χ0) is 29.8. The van der Waals surface area contributed by atoms with Crippen molar-refractivity contribution >= 4 is 43.5 Å². The number of sulfonamides is 1. The largest absolute Gasteiger partial charge is 0.455 e. The fraction of sp³-hybridized carbons (Fsp3) is 0.0968. The number of aromatic amines is 1. The molecule has 0 radical (unpaired) electrons. The van der Waals surface area contributed by atoms with Crippen LogP contribution in [0.15, 0.2) is 83.3 Å². The van der Waals surface area contributed by atoms with Crippen molar-refractivity contribution in [2.75, 3.05) is 24.7 Å². The number of carbonyl (C=O) groups is 1. The maximum Gasteiger partial charge on any atom is 0.255 e. The molecule has 0 atom stereocenters. The summed E-state index contributed by atoms with van der Waals surface area (Å²) in [6.07, 6.45) is 1.08. The van der Waals surface area contributed by atoms with Crippen LogP contribution in [-0.2, 0) is 10.0 Å². The van der Waals surface area contributed by atoms with E-state index in [2.05, 4.69) is 10.3 Å². The topological polar surface area (TPSA) is 108 Å². The minimum Gasteiger partial charge on any atom is -0.455 e. The van der Waals surface area contributed by atoms with E-state index in [1.165, 1.54) is 50.5 Å². The van der Waals surface area contributed by atoms with Gasteiger partial charge < -0.3 is 14.7 Å². The molecule has 1 amide bonds. The van der Waals surface area contributed by atoms with Gasteiger partial charge in [0.25, 0.3) is 5.91 Å². The van der Waals surface area contributed by atoms with Crippen molar-refractivity contribution in [1.82, 2.24) is 15.3 Å². The number of hydrogen-bond acceptors (Lipinski definition) is 5. The Morgan fingerprint density at radius 2 is 1.67 bits per heavy atom. The lowest BCUT2D eigenvalue weighted by Crippen LogP contribution is -2.25. The van der Waals surface area contributed by atoms with E-state index in [1.807, 2.05) is 0 Å². The first-order valence-electron chi connectivity index (χ1n) is 12.8. The van der Waals surface area contributed by atoms with Crippen molar-refractivity contribution in [3.05, 3.63) is 96.1 Å². The van der Waals surface area contributed by atoms with E-state index in [4.69, 9.17) is 9.40 Å². The van der Waals surface area contributed by atoms with Crippen molar-refractivity contribution in [2.24, 2.45) is 0 Å². The van der Waals surface area contributed by atoms with Gasteiger partial charge in [0.1, 0.15) is 23.0 Å². The molecule has 6 aromatic rings. The summed E-state index contributed by atoms with van der Waals surface area (Å²) in [5.41, 5.74) is 3.70. The quantitative estimate of drug-likeness (QED) is 0.237. The van der Waals surface area contributed by atoms with E-state index in [0.29, 0.717) is 44.5 Å². The molecule has 0 aliphatic carbocycles. The maximum atomic E-state index is 14.4. The van der Waals surface area contributed by atoms with Crippen molar-refractivity contribution in [2.45, 2.75) is 0 Å². The van der Waals surface area contributed by atoms with E-state index in [9.17, 15) is 22.0 Å². The molecule has 0 saturated heterocycles. The minimum absolute atomic E-state index is 0.205. The number of rotatable bonds is 6. The van der Waals surface area contributed by atoms with Gasteiger partial charge in [-0.25, -0.2) is 22.2 Å². The lowest BCUT2D eigenvalue weighted by atomic mass is 10.0. The number of pyridine rings is 1. The van der Waals surface area contributed by atoms with Gasteiger partial charge in [-0.15, -0.1) is 0 Å². The molecular formula is C31H24F2N4O4S. The summed E-state index contributed by atoms with van der Waals surface area (Å²) in [6.45, 7) is 0. The van der Waals surface area contributed by atoms with Crippen molar-refractivity contribution < 1.29 is 26.4 Å². The average molecular weight is 587 g/mol. The third-order valence-corrected chi connectivity index (χ3v) is 8.31. The molecule has 0 aliphatic heterocycles. The van der Waals surface area contributed by atoms with Gasteiger partial charge in [0.2, 0.25) is 10.0 Å². The summed E-state index contributed by atoms with van der Waals surface area (Å²) in [5, 5.41) is 3.45. The van der Waals surface area contributed by atoms with Crippen LogP contribution in [0.5, 0.6) is 0 Å². The van der Waals surface area contributed by atoms with Gasteiger partial charge in [0.05, 0.1) is 34.6 Å². The first-order chi connectivity index (χ1) is 20.0. The van der Waals surface area contributed by atoms with Gasteiger partial charge in [-0.3, -0.25) is 9.10 Å². The fourth-order valence-electron chi connectivity index (χ4n) is 4.92. The summed E-state index contributed by atoms with van der Waals surface area (Å²) in [6, 6.07) is 20.4. The predicted molar refractivity (Wildman–Crippen MR) is 159 cm³/mol. The first kappa shape index (κ1) is 27.2. The Hall–Kier alpha value is -5.03. The summed E-state index contributed by atoms with van der Waals surface area (Å²) in [4.78, 5) is 21.1. The highest BCUT2D eigenvalue weighted by atomic mass is 32.2. The molecule has 3 heterocycles. The lowest BCUT2D eigenvalue weighted by Gasteiger charge is -2.20. The number of hydrogen-bond donors (Lipinski definition) is 2. The average Bonchev–Trinajstić information content (AvgIpc) is 3.58. The number of fused-ring (bicyclic) bond motifs is 2. The summed E-state index contributed by atoms with van der Waals surface area (Å²) in [7, 11) is -0.832. The fourth-order valence-corrected chi connectivity index (χ4v) is 5.43. The zero-order valence-electron chi connectivity index (χ0n) is 22.7. The molecular weight excluding hydrogens is 562 g/mol. The standard InChI is InChI=1S/C31H24F2N4O4S/c1-34-31(38)29-21-14-20(24-8-5-9-25(35-24)26-15-19-22(33)6-4-7-23(19)36-26)27(37(2)42(3,39)40)16-28(21)41-30(29)17-10-12-18(32)13-11-17/h4-16,36H,1-3H3,(H,34,38). The number of nitrogens with one attached hydrogen (secondary N) is 2. The van der Waals surface area contributed by atoms with Crippen molar-refractivity contribution in [3.63, 3.8) is 0 Å². The Kier molecular flexibility index (Phi) is 6.53. The van der Waals surface area contributed by atoms with Crippen LogP contribution in [0.25, 0.3) is 55.8 Å².